The summed E-state index contributed by atoms with van der Waals surface area (Å²) >= 11 is 0. The Bertz CT molecular complexity index is 1040. The van der Waals surface area contributed by atoms with Crippen molar-refractivity contribution in [3.8, 4) is 0 Å². The van der Waals surface area contributed by atoms with E-state index in [1.807, 2.05) is 91.0 Å². The first kappa shape index (κ1) is 24.3. The van der Waals surface area contributed by atoms with Gasteiger partial charge in [0.05, 0.1) is 26.4 Å². The maximum absolute atomic E-state index is 15.2. The van der Waals surface area contributed by atoms with Crippen molar-refractivity contribution < 1.29 is 28.8 Å². The zero-order valence-corrected chi connectivity index (χ0v) is 18.8. The molecule has 0 radical (unpaired) electrons. The van der Waals surface area contributed by atoms with Crippen LogP contribution in [0, 0.1) is 0 Å². The standard InChI is InChI=1S/C28H29FO5/c29-24-23(16-30)26(32-17-20-10-4-1-5-11-20)28(34-19-22-14-8-3-9-15-22)27(25(24)31)33-18-21-12-6-2-7-13-21/h1-15,25-28,30-31H,16-19H2/t25-,26+,27+,28+/m1/s1. The number of aliphatic hydroxyl groups excluding tert-OH is 2. The highest BCUT2D eigenvalue weighted by Gasteiger charge is 2.46. The summed E-state index contributed by atoms with van der Waals surface area (Å²) in [5.74, 6) is -0.835. The molecule has 0 unspecified atom stereocenters. The summed E-state index contributed by atoms with van der Waals surface area (Å²) in [5, 5.41) is 20.7. The fourth-order valence-electron chi connectivity index (χ4n) is 4.04. The second-order valence-electron chi connectivity index (χ2n) is 8.22. The van der Waals surface area contributed by atoms with E-state index in [1.54, 1.807) is 0 Å². The van der Waals surface area contributed by atoms with Gasteiger partial charge in [0, 0.05) is 5.57 Å². The summed E-state index contributed by atoms with van der Waals surface area (Å²) in [6.45, 7) is -0.0240. The first-order valence-electron chi connectivity index (χ1n) is 11.3. The summed E-state index contributed by atoms with van der Waals surface area (Å²) in [7, 11) is 0. The molecule has 0 heterocycles. The van der Waals surface area contributed by atoms with Gasteiger partial charge in [-0.25, -0.2) is 4.39 Å². The number of ether oxygens (including phenoxy) is 3. The molecular formula is C28H29FO5. The molecule has 4 rings (SSSR count). The molecule has 3 aromatic carbocycles. The van der Waals surface area contributed by atoms with E-state index in [1.165, 1.54) is 0 Å². The number of hydrogen-bond donors (Lipinski definition) is 2. The molecule has 0 aliphatic heterocycles. The minimum absolute atomic E-state index is 0.0268. The molecule has 6 heteroatoms. The van der Waals surface area contributed by atoms with Gasteiger partial charge in [-0.15, -0.1) is 0 Å². The van der Waals surface area contributed by atoms with E-state index in [9.17, 15) is 10.2 Å². The number of benzene rings is 3. The van der Waals surface area contributed by atoms with Gasteiger partial charge in [-0.3, -0.25) is 0 Å². The third-order valence-electron chi connectivity index (χ3n) is 5.86. The van der Waals surface area contributed by atoms with Crippen LogP contribution in [0.4, 0.5) is 4.39 Å². The molecule has 178 valence electrons. The van der Waals surface area contributed by atoms with Crippen molar-refractivity contribution in [1.29, 1.82) is 0 Å². The van der Waals surface area contributed by atoms with Crippen LogP contribution in [0.25, 0.3) is 0 Å². The van der Waals surface area contributed by atoms with Crippen LogP contribution < -0.4 is 0 Å². The molecule has 0 amide bonds. The van der Waals surface area contributed by atoms with Gasteiger partial charge in [-0.2, -0.15) is 0 Å². The zero-order chi connectivity index (χ0) is 23.8. The minimum atomic E-state index is -1.58. The van der Waals surface area contributed by atoms with Crippen molar-refractivity contribution in [1.82, 2.24) is 0 Å². The Hall–Kier alpha value is -2.87. The lowest BCUT2D eigenvalue weighted by Gasteiger charge is -2.40. The van der Waals surface area contributed by atoms with Crippen LogP contribution in [0.5, 0.6) is 0 Å². The van der Waals surface area contributed by atoms with Crippen molar-refractivity contribution in [3.63, 3.8) is 0 Å². The summed E-state index contributed by atoms with van der Waals surface area (Å²) in [4.78, 5) is 0. The second-order valence-corrected chi connectivity index (χ2v) is 8.22. The quantitative estimate of drug-likeness (QED) is 0.467. The Morgan fingerprint density at radius 3 is 1.47 bits per heavy atom. The molecule has 0 saturated heterocycles. The van der Waals surface area contributed by atoms with Crippen LogP contribution in [0.2, 0.25) is 0 Å². The third kappa shape index (κ3) is 5.97. The predicted octanol–water partition coefficient (Wildman–Crippen LogP) is 4.33. The Balaban J connectivity index is 1.60. The van der Waals surface area contributed by atoms with Crippen LogP contribution in [-0.4, -0.2) is 41.2 Å². The fourth-order valence-corrected chi connectivity index (χ4v) is 4.04. The third-order valence-corrected chi connectivity index (χ3v) is 5.86. The Morgan fingerprint density at radius 2 is 1.03 bits per heavy atom. The van der Waals surface area contributed by atoms with Crippen molar-refractivity contribution in [2.45, 2.75) is 44.2 Å². The first-order chi connectivity index (χ1) is 16.7. The molecular weight excluding hydrogens is 435 g/mol. The summed E-state index contributed by atoms with van der Waals surface area (Å²) in [6.07, 6.45) is -4.38. The van der Waals surface area contributed by atoms with Gasteiger partial charge in [-0.1, -0.05) is 91.0 Å². The van der Waals surface area contributed by atoms with E-state index in [0.717, 1.165) is 16.7 Å². The van der Waals surface area contributed by atoms with E-state index in [0.29, 0.717) is 0 Å². The summed E-state index contributed by atoms with van der Waals surface area (Å²) in [6, 6.07) is 28.5. The molecule has 0 bridgehead atoms. The normalized spacial score (nSPS) is 22.7. The lowest BCUT2D eigenvalue weighted by Crippen LogP contribution is -2.54. The van der Waals surface area contributed by atoms with Gasteiger partial charge in [0.2, 0.25) is 0 Å². The molecule has 0 fully saturated rings. The Morgan fingerprint density at radius 1 is 0.618 bits per heavy atom. The molecule has 4 atom stereocenters. The molecule has 2 N–H and O–H groups in total. The Kier molecular flexibility index (Phi) is 8.57. The molecule has 1 aliphatic carbocycles. The van der Waals surface area contributed by atoms with Crippen LogP contribution >= 0.6 is 0 Å². The number of hydrogen-bond acceptors (Lipinski definition) is 5. The highest BCUT2D eigenvalue weighted by molar-refractivity contribution is 5.27. The molecule has 3 aromatic rings. The van der Waals surface area contributed by atoms with Crippen LogP contribution in [0.3, 0.4) is 0 Å². The van der Waals surface area contributed by atoms with Gasteiger partial charge < -0.3 is 24.4 Å². The average molecular weight is 465 g/mol. The van der Waals surface area contributed by atoms with E-state index in [4.69, 9.17) is 14.2 Å². The topological polar surface area (TPSA) is 68.2 Å². The van der Waals surface area contributed by atoms with Gasteiger partial charge in [0.1, 0.15) is 30.2 Å². The van der Waals surface area contributed by atoms with Crippen LogP contribution in [-0.2, 0) is 34.0 Å². The maximum atomic E-state index is 15.2. The van der Waals surface area contributed by atoms with Gasteiger partial charge >= 0.3 is 0 Å². The average Bonchev–Trinajstić information content (AvgIpc) is 2.89. The molecule has 0 aromatic heterocycles. The predicted molar refractivity (Wildman–Crippen MR) is 126 cm³/mol. The van der Waals surface area contributed by atoms with Crippen LogP contribution in [0.1, 0.15) is 16.7 Å². The monoisotopic (exact) mass is 464 g/mol. The smallest absolute Gasteiger partial charge is 0.135 e. The molecule has 5 nitrogen and oxygen atoms in total. The first-order valence-corrected chi connectivity index (χ1v) is 11.3. The van der Waals surface area contributed by atoms with Crippen molar-refractivity contribution in [2.75, 3.05) is 6.61 Å². The SMILES string of the molecule is OCC1=C(F)[C@@H](O)[C@H](OCc2ccccc2)[C@@H](OCc2ccccc2)[C@H]1OCc1ccccc1. The fraction of sp³-hybridized carbons (Fsp3) is 0.286. The maximum Gasteiger partial charge on any atom is 0.135 e. The highest BCUT2D eigenvalue weighted by Crippen LogP contribution is 2.34. The van der Waals surface area contributed by atoms with Gasteiger partial charge in [0.25, 0.3) is 0 Å². The van der Waals surface area contributed by atoms with E-state index in [-0.39, 0.29) is 25.4 Å². The molecule has 0 spiro atoms. The zero-order valence-electron chi connectivity index (χ0n) is 18.8. The molecule has 34 heavy (non-hydrogen) atoms. The van der Waals surface area contributed by atoms with Gasteiger partial charge in [0.15, 0.2) is 0 Å². The largest absolute Gasteiger partial charge is 0.392 e. The van der Waals surface area contributed by atoms with Crippen molar-refractivity contribution in [3.05, 3.63) is 119 Å². The van der Waals surface area contributed by atoms with Gasteiger partial charge in [-0.05, 0) is 16.7 Å². The number of halogens is 1. The lowest BCUT2D eigenvalue weighted by molar-refractivity contribution is -0.179. The number of aliphatic hydroxyl groups is 2. The van der Waals surface area contributed by atoms with Crippen molar-refractivity contribution in [2.24, 2.45) is 0 Å². The lowest BCUT2D eigenvalue weighted by atomic mass is 9.88. The second kappa shape index (κ2) is 12.0. The number of rotatable bonds is 10. The summed E-state index contributed by atoms with van der Waals surface area (Å²) < 4.78 is 33.5. The Labute approximate surface area is 199 Å². The van der Waals surface area contributed by atoms with E-state index in [2.05, 4.69) is 0 Å². The highest BCUT2D eigenvalue weighted by atomic mass is 19.1. The van der Waals surface area contributed by atoms with E-state index < -0.39 is 36.8 Å². The summed E-state index contributed by atoms with van der Waals surface area (Å²) in [5.41, 5.74) is 2.67. The van der Waals surface area contributed by atoms with Crippen molar-refractivity contribution >= 4 is 0 Å². The molecule has 0 saturated carbocycles. The minimum Gasteiger partial charge on any atom is -0.392 e. The van der Waals surface area contributed by atoms with Crippen LogP contribution in [0.15, 0.2) is 102 Å². The molecule has 1 aliphatic rings. The van der Waals surface area contributed by atoms with E-state index >= 15 is 4.39 Å².